The fourth-order valence-corrected chi connectivity index (χ4v) is 5.57. The predicted octanol–water partition coefficient (Wildman–Crippen LogP) is 1.38. The number of aromatic amines is 2. The second kappa shape index (κ2) is 11.1. The van der Waals surface area contributed by atoms with Crippen LogP contribution in [0.1, 0.15) is 50.1 Å². The number of nitrogen functional groups attached to an aromatic ring is 1. The molecule has 3 aromatic carbocycles. The zero-order valence-corrected chi connectivity index (χ0v) is 24.2. The molecule has 0 spiro atoms. The topological polar surface area (TPSA) is 231 Å². The number of aromatic nitrogens is 8. The van der Waals surface area contributed by atoms with E-state index in [-0.39, 0.29) is 51.6 Å². The summed E-state index contributed by atoms with van der Waals surface area (Å²) in [5, 5.41) is 28.9. The molecule has 6 aromatic rings. The van der Waals surface area contributed by atoms with Crippen LogP contribution in [0.4, 0.5) is 21.5 Å². The summed E-state index contributed by atoms with van der Waals surface area (Å²) < 4.78 is 15.8. The quantitative estimate of drug-likeness (QED) is 0.102. The van der Waals surface area contributed by atoms with Gasteiger partial charge in [0.05, 0.1) is 11.7 Å². The lowest BCUT2D eigenvalue weighted by Crippen LogP contribution is -2.36. The summed E-state index contributed by atoms with van der Waals surface area (Å²) in [6, 6.07) is 10.7. The molecule has 0 unspecified atom stereocenters. The van der Waals surface area contributed by atoms with Gasteiger partial charge in [0.15, 0.2) is 0 Å². The number of carbonyl (C=O) groups excluding carboxylic acids is 2. The van der Waals surface area contributed by atoms with Crippen LogP contribution in [0.2, 0.25) is 0 Å². The number of halogens is 1. The summed E-state index contributed by atoms with van der Waals surface area (Å²) in [6.45, 7) is -0.0683. The van der Waals surface area contributed by atoms with Gasteiger partial charge < -0.3 is 21.7 Å². The first-order chi connectivity index (χ1) is 22.2. The molecule has 7 rings (SSSR count). The molecule has 230 valence electrons. The van der Waals surface area contributed by atoms with Gasteiger partial charge in [-0.05, 0) is 71.2 Å². The van der Waals surface area contributed by atoms with E-state index >= 15 is 0 Å². The SMILES string of the molecule is Nc1c(Nc2cc(CNC(=O)c3cc(C(=O)N[C@H]4CCc5cc(-c6nn[nH]n6)ccc54)n4c(=S)[nH]nc4n3)ccc2F)c(=O)c1=O. The van der Waals surface area contributed by atoms with Gasteiger partial charge in [0.2, 0.25) is 10.6 Å². The average Bonchev–Trinajstić information content (AvgIpc) is 3.83. The van der Waals surface area contributed by atoms with E-state index < -0.39 is 28.5 Å². The molecule has 1 aliphatic carbocycles. The van der Waals surface area contributed by atoms with Gasteiger partial charge in [0.1, 0.15) is 28.6 Å². The van der Waals surface area contributed by atoms with E-state index in [1.165, 1.54) is 22.6 Å². The van der Waals surface area contributed by atoms with Crippen LogP contribution in [0.25, 0.3) is 17.2 Å². The van der Waals surface area contributed by atoms with Crippen LogP contribution in [0, 0.1) is 10.6 Å². The Morgan fingerprint density at radius 3 is 2.72 bits per heavy atom. The summed E-state index contributed by atoms with van der Waals surface area (Å²) in [5.74, 6) is -1.35. The first-order valence-corrected chi connectivity index (χ1v) is 14.2. The maximum absolute atomic E-state index is 14.4. The summed E-state index contributed by atoms with van der Waals surface area (Å²) in [6.07, 6.45) is 1.37. The monoisotopic (exact) mass is 640 g/mol. The van der Waals surface area contributed by atoms with E-state index in [9.17, 15) is 23.6 Å². The van der Waals surface area contributed by atoms with E-state index in [0.29, 0.717) is 17.8 Å². The van der Waals surface area contributed by atoms with Crippen LogP contribution in [0.5, 0.6) is 0 Å². The molecule has 7 N–H and O–H groups in total. The highest BCUT2D eigenvalue weighted by molar-refractivity contribution is 7.71. The minimum Gasteiger partial charge on any atom is -0.394 e. The molecule has 2 amide bonds. The zero-order valence-electron chi connectivity index (χ0n) is 23.4. The normalized spacial score (nSPS) is 14.0. The average molecular weight is 641 g/mol. The van der Waals surface area contributed by atoms with Gasteiger partial charge in [-0.2, -0.15) is 5.21 Å². The Hall–Kier alpha value is -6.17. The van der Waals surface area contributed by atoms with Crippen molar-refractivity contribution in [1.82, 2.24) is 50.8 Å². The number of hydrogen-bond acceptors (Lipinski definition) is 12. The van der Waals surface area contributed by atoms with Crippen LogP contribution >= 0.6 is 12.2 Å². The smallest absolute Gasteiger partial charge is 0.270 e. The Balaban J connectivity index is 1.09. The number of fused-ring (bicyclic) bond motifs is 2. The number of nitrogens with zero attached hydrogens (tertiary/aromatic N) is 6. The van der Waals surface area contributed by atoms with Gasteiger partial charge >= 0.3 is 0 Å². The number of hydrogen-bond donors (Lipinski definition) is 6. The number of nitrogens with one attached hydrogen (secondary N) is 5. The molecule has 0 saturated carbocycles. The third kappa shape index (κ3) is 4.95. The number of aryl methyl sites for hydroxylation is 1. The van der Waals surface area contributed by atoms with E-state index in [0.717, 1.165) is 29.2 Å². The van der Waals surface area contributed by atoms with E-state index in [4.69, 9.17) is 18.0 Å². The summed E-state index contributed by atoms with van der Waals surface area (Å²) in [4.78, 5) is 54.2. The largest absolute Gasteiger partial charge is 0.394 e. The minimum atomic E-state index is -0.845. The van der Waals surface area contributed by atoms with Crippen molar-refractivity contribution in [2.45, 2.75) is 25.4 Å². The lowest BCUT2D eigenvalue weighted by molar-refractivity contribution is 0.0930. The molecule has 1 aliphatic rings. The zero-order chi connectivity index (χ0) is 32.1. The van der Waals surface area contributed by atoms with Crippen molar-refractivity contribution in [2.75, 3.05) is 11.1 Å². The molecule has 0 saturated heterocycles. The van der Waals surface area contributed by atoms with Crippen LogP contribution in [-0.4, -0.2) is 52.0 Å². The van der Waals surface area contributed by atoms with Crippen molar-refractivity contribution in [3.8, 4) is 11.4 Å². The number of carbonyl (C=O) groups is 2. The molecule has 3 heterocycles. The molecule has 0 radical (unpaired) electrons. The van der Waals surface area contributed by atoms with Crippen molar-refractivity contribution in [1.29, 1.82) is 0 Å². The van der Waals surface area contributed by atoms with Gasteiger partial charge in [0.25, 0.3) is 28.4 Å². The van der Waals surface area contributed by atoms with Crippen LogP contribution in [0.3, 0.4) is 0 Å². The first-order valence-electron chi connectivity index (χ1n) is 13.8. The fourth-order valence-electron chi connectivity index (χ4n) is 5.34. The number of H-pyrrole nitrogens is 2. The Kier molecular flexibility index (Phi) is 6.88. The van der Waals surface area contributed by atoms with Crippen molar-refractivity contribution in [3.05, 3.63) is 102 Å². The number of anilines is 3. The number of nitrogens with two attached hydrogens (primary N) is 1. The Morgan fingerprint density at radius 2 is 1.93 bits per heavy atom. The highest BCUT2D eigenvalue weighted by Gasteiger charge is 2.27. The lowest BCUT2D eigenvalue weighted by Gasteiger charge is -2.15. The van der Waals surface area contributed by atoms with Gasteiger partial charge in [-0.1, -0.05) is 18.2 Å². The Morgan fingerprint density at radius 1 is 1.09 bits per heavy atom. The van der Waals surface area contributed by atoms with Crippen LogP contribution < -0.4 is 32.5 Å². The maximum atomic E-state index is 14.4. The van der Waals surface area contributed by atoms with E-state index in [2.05, 4.69) is 51.8 Å². The molecule has 1 atom stereocenters. The molecular formula is C28H21FN12O4S. The molecule has 16 nitrogen and oxygen atoms in total. The van der Waals surface area contributed by atoms with Crippen LogP contribution in [-0.2, 0) is 13.0 Å². The minimum absolute atomic E-state index is 0.0122. The van der Waals surface area contributed by atoms with Crippen molar-refractivity contribution < 1.29 is 14.0 Å². The third-order valence-corrected chi connectivity index (χ3v) is 7.95. The summed E-state index contributed by atoms with van der Waals surface area (Å²) in [7, 11) is 0. The van der Waals surface area contributed by atoms with Crippen molar-refractivity contribution >= 4 is 46.9 Å². The van der Waals surface area contributed by atoms with Crippen molar-refractivity contribution in [3.63, 3.8) is 0 Å². The Labute approximate surface area is 261 Å². The van der Waals surface area contributed by atoms with Crippen molar-refractivity contribution in [2.24, 2.45) is 0 Å². The maximum Gasteiger partial charge on any atom is 0.270 e. The second-order valence-electron chi connectivity index (χ2n) is 10.5. The highest BCUT2D eigenvalue weighted by atomic mass is 32.1. The van der Waals surface area contributed by atoms with Gasteiger partial charge in [-0.15, -0.1) is 15.3 Å². The molecular weight excluding hydrogens is 619 g/mol. The Bertz CT molecular complexity index is 2320. The molecule has 18 heteroatoms. The molecule has 0 aliphatic heterocycles. The molecule has 46 heavy (non-hydrogen) atoms. The lowest BCUT2D eigenvalue weighted by atomic mass is 10.0. The van der Waals surface area contributed by atoms with Gasteiger partial charge in [-0.3, -0.25) is 19.2 Å². The predicted molar refractivity (Wildman–Crippen MR) is 163 cm³/mol. The summed E-state index contributed by atoms with van der Waals surface area (Å²) >= 11 is 5.32. The molecule has 3 aromatic heterocycles. The van der Waals surface area contributed by atoms with Crippen LogP contribution in [0.15, 0.2) is 52.1 Å². The fraction of sp³-hybridized carbons (Fsp3) is 0.143. The van der Waals surface area contributed by atoms with Gasteiger partial charge in [0, 0.05) is 12.1 Å². The number of tetrazole rings is 1. The second-order valence-corrected chi connectivity index (χ2v) is 10.9. The third-order valence-electron chi connectivity index (χ3n) is 7.68. The molecule has 0 fully saturated rings. The summed E-state index contributed by atoms with van der Waals surface area (Å²) in [5.41, 5.74) is 6.44. The van der Waals surface area contributed by atoms with Gasteiger partial charge in [-0.25, -0.2) is 18.9 Å². The van der Waals surface area contributed by atoms with E-state index in [1.54, 1.807) is 0 Å². The highest BCUT2D eigenvalue weighted by Crippen LogP contribution is 2.33. The number of amides is 2. The number of benzene rings is 2. The van der Waals surface area contributed by atoms with E-state index in [1.807, 2.05) is 18.2 Å². The first kappa shape index (κ1) is 28.6. The number of rotatable bonds is 8. The standard InChI is InChI=1S/C28H21FN12O4S/c29-15-5-1-11(7-17(15)32-21-20(30)22(42)23(21)43)10-31-25(44)18-9-19(41-27(34-18)37-38-28(41)46)26(45)33-16-6-3-12-8-13(2-4-14(12)16)24-35-39-40-36-24/h1-2,4-5,7-9,16,32H,3,6,10,30H2,(H,31,44)(H,33,45)(H,38,46)(H,35,36,39,40)/t16-/m0/s1. The molecule has 0 bridgehead atoms.